The lowest BCUT2D eigenvalue weighted by atomic mass is 10.0. The SMILES string of the molecule is COc1ccccc1-c1cccc(-n2nnc(-c3ccccn3)n2)c1. The topological polar surface area (TPSA) is 65.7 Å². The number of aromatic nitrogens is 5. The number of rotatable bonds is 4. The quantitative estimate of drug-likeness (QED) is 0.574. The van der Waals surface area contributed by atoms with Gasteiger partial charge in [0.25, 0.3) is 0 Å². The molecule has 4 rings (SSSR count). The Balaban J connectivity index is 1.72. The molecule has 0 radical (unpaired) electrons. The molecule has 0 saturated heterocycles. The number of hydrogen-bond donors (Lipinski definition) is 0. The third-order valence-electron chi connectivity index (χ3n) is 3.80. The molecule has 2 aromatic heterocycles. The van der Waals surface area contributed by atoms with Gasteiger partial charge in [-0.25, -0.2) is 0 Å². The first kappa shape index (κ1) is 15.0. The van der Waals surface area contributed by atoms with Crippen molar-refractivity contribution in [3.05, 3.63) is 72.9 Å². The maximum Gasteiger partial charge on any atom is 0.223 e. The molecule has 0 fully saturated rings. The predicted molar refractivity (Wildman–Crippen MR) is 94.4 cm³/mol. The highest BCUT2D eigenvalue weighted by Crippen LogP contribution is 2.30. The van der Waals surface area contributed by atoms with Crippen LogP contribution >= 0.6 is 0 Å². The first-order valence-corrected chi connectivity index (χ1v) is 7.80. The van der Waals surface area contributed by atoms with Crippen molar-refractivity contribution in [3.8, 4) is 34.1 Å². The van der Waals surface area contributed by atoms with E-state index in [4.69, 9.17) is 4.74 Å². The molecule has 0 amide bonds. The molecule has 122 valence electrons. The number of benzene rings is 2. The maximum absolute atomic E-state index is 5.45. The van der Waals surface area contributed by atoms with E-state index in [1.54, 1.807) is 13.3 Å². The molecule has 6 nitrogen and oxygen atoms in total. The van der Waals surface area contributed by atoms with E-state index >= 15 is 0 Å². The molecule has 0 aliphatic heterocycles. The van der Waals surface area contributed by atoms with Crippen LogP contribution in [0.2, 0.25) is 0 Å². The first-order valence-electron chi connectivity index (χ1n) is 7.80. The highest BCUT2D eigenvalue weighted by Gasteiger charge is 2.10. The van der Waals surface area contributed by atoms with Crippen LogP contribution in [0.15, 0.2) is 72.9 Å². The van der Waals surface area contributed by atoms with Crippen LogP contribution in [0.3, 0.4) is 0 Å². The van der Waals surface area contributed by atoms with E-state index in [-0.39, 0.29) is 0 Å². The van der Waals surface area contributed by atoms with Gasteiger partial charge in [0.2, 0.25) is 5.82 Å². The van der Waals surface area contributed by atoms with Gasteiger partial charge in [0, 0.05) is 11.8 Å². The van der Waals surface area contributed by atoms with Crippen LogP contribution in [0.5, 0.6) is 5.75 Å². The largest absolute Gasteiger partial charge is 0.496 e. The van der Waals surface area contributed by atoms with E-state index in [2.05, 4.69) is 20.4 Å². The number of hydrogen-bond acceptors (Lipinski definition) is 5. The molecule has 0 aliphatic rings. The first-order chi connectivity index (χ1) is 12.3. The van der Waals surface area contributed by atoms with Gasteiger partial charge in [-0.3, -0.25) is 4.98 Å². The van der Waals surface area contributed by atoms with Gasteiger partial charge < -0.3 is 4.74 Å². The van der Waals surface area contributed by atoms with E-state index in [0.717, 1.165) is 22.6 Å². The van der Waals surface area contributed by atoms with Gasteiger partial charge in [-0.2, -0.15) is 0 Å². The Bertz CT molecular complexity index is 997. The van der Waals surface area contributed by atoms with Gasteiger partial charge in [-0.15, -0.1) is 15.0 Å². The van der Waals surface area contributed by atoms with Gasteiger partial charge in [0.15, 0.2) is 0 Å². The molecule has 25 heavy (non-hydrogen) atoms. The van der Waals surface area contributed by atoms with E-state index in [1.165, 1.54) is 4.80 Å². The van der Waals surface area contributed by atoms with E-state index in [0.29, 0.717) is 11.5 Å². The fraction of sp³-hybridized carbons (Fsp3) is 0.0526. The van der Waals surface area contributed by atoms with Crippen LogP contribution < -0.4 is 4.74 Å². The van der Waals surface area contributed by atoms with Gasteiger partial charge in [0.1, 0.15) is 11.4 Å². The summed E-state index contributed by atoms with van der Waals surface area (Å²) in [6.07, 6.45) is 1.71. The molecule has 6 heteroatoms. The molecule has 2 heterocycles. The molecule has 0 saturated carbocycles. The molecule has 4 aromatic rings. The highest BCUT2D eigenvalue weighted by molar-refractivity contribution is 5.72. The van der Waals surface area contributed by atoms with Gasteiger partial charge in [-0.1, -0.05) is 36.4 Å². The number of methoxy groups -OCH3 is 1. The third-order valence-corrected chi connectivity index (χ3v) is 3.80. The van der Waals surface area contributed by atoms with Crippen LogP contribution in [0.25, 0.3) is 28.3 Å². The lowest BCUT2D eigenvalue weighted by Gasteiger charge is -2.09. The molecule has 0 unspecified atom stereocenters. The number of ether oxygens (including phenoxy) is 1. The lowest BCUT2D eigenvalue weighted by molar-refractivity contribution is 0.416. The average molecular weight is 329 g/mol. The zero-order chi connectivity index (χ0) is 17.1. The molecule has 0 N–H and O–H groups in total. The van der Waals surface area contributed by atoms with Crippen molar-refractivity contribution in [1.82, 2.24) is 25.2 Å². The summed E-state index contributed by atoms with van der Waals surface area (Å²) >= 11 is 0. The Labute approximate surface area is 144 Å². The Morgan fingerprint density at radius 1 is 0.920 bits per heavy atom. The number of pyridine rings is 1. The summed E-state index contributed by atoms with van der Waals surface area (Å²) in [5.74, 6) is 1.31. The van der Waals surface area contributed by atoms with Crippen molar-refractivity contribution in [2.45, 2.75) is 0 Å². The summed E-state index contributed by atoms with van der Waals surface area (Å²) in [5, 5.41) is 12.7. The average Bonchev–Trinajstić information content (AvgIpc) is 3.19. The van der Waals surface area contributed by atoms with E-state index in [1.807, 2.05) is 66.7 Å². The van der Waals surface area contributed by atoms with Crippen molar-refractivity contribution >= 4 is 0 Å². The van der Waals surface area contributed by atoms with Crippen molar-refractivity contribution in [2.24, 2.45) is 0 Å². The van der Waals surface area contributed by atoms with E-state index in [9.17, 15) is 0 Å². The summed E-state index contributed by atoms with van der Waals surface area (Å²) < 4.78 is 5.45. The van der Waals surface area contributed by atoms with Gasteiger partial charge in [-0.05, 0) is 41.1 Å². The van der Waals surface area contributed by atoms with Crippen LogP contribution in [0.1, 0.15) is 0 Å². The fourth-order valence-electron chi connectivity index (χ4n) is 2.60. The minimum Gasteiger partial charge on any atom is -0.496 e. The van der Waals surface area contributed by atoms with Crippen molar-refractivity contribution in [1.29, 1.82) is 0 Å². The zero-order valence-electron chi connectivity index (χ0n) is 13.6. The standard InChI is InChI=1S/C19H15N5O/c1-25-18-11-3-2-9-16(18)14-7-6-8-15(13-14)24-22-19(21-23-24)17-10-4-5-12-20-17/h2-13H,1H3. The Morgan fingerprint density at radius 2 is 1.80 bits per heavy atom. The highest BCUT2D eigenvalue weighted by atomic mass is 16.5. The summed E-state index contributed by atoms with van der Waals surface area (Å²) in [6.45, 7) is 0. The predicted octanol–water partition coefficient (Wildman–Crippen LogP) is 3.40. The van der Waals surface area contributed by atoms with Crippen molar-refractivity contribution in [3.63, 3.8) is 0 Å². The lowest BCUT2D eigenvalue weighted by Crippen LogP contribution is -1.99. The molecule has 0 atom stereocenters. The second-order valence-electron chi connectivity index (χ2n) is 5.37. The number of tetrazole rings is 1. The van der Waals surface area contributed by atoms with Crippen molar-refractivity contribution < 1.29 is 4.74 Å². The van der Waals surface area contributed by atoms with Crippen LogP contribution in [-0.4, -0.2) is 32.3 Å². The second-order valence-corrected chi connectivity index (χ2v) is 5.37. The molecular weight excluding hydrogens is 314 g/mol. The molecule has 0 spiro atoms. The molecular formula is C19H15N5O. The zero-order valence-corrected chi connectivity index (χ0v) is 13.6. The summed E-state index contributed by atoms with van der Waals surface area (Å²) in [5.41, 5.74) is 3.54. The summed E-state index contributed by atoms with van der Waals surface area (Å²) in [7, 11) is 1.67. The van der Waals surface area contributed by atoms with Crippen LogP contribution in [0.4, 0.5) is 0 Å². The second kappa shape index (κ2) is 6.52. The fourth-order valence-corrected chi connectivity index (χ4v) is 2.60. The normalized spacial score (nSPS) is 10.6. The smallest absolute Gasteiger partial charge is 0.223 e. The molecule has 0 bridgehead atoms. The van der Waals surface area contributed by atoms with Gasteiger partial charge >= 0.3 is 0 Å². The van der Waals surface area contributed by atoms with Gasteiger partial charge in [0.05, 0.1) is 12.8 Å². The summed E-state index contributed by atoms with van der Waals surface area (Å²) in [6, 6.07) is 21.4. The molecule has 0 aliphatic carbocycles. The van der Waals surface area contributed by atoms with Crippen LogP contribution in [-0.2, 0) is 0 Å². The van der Waals surface area contributed by atoms with E-state index < -0.39 is 0 Å². The maximum atomic E-state index is 5.45. The third kappa shape index (κ3) is 2.97. The monoisotopic (exact) mass is 329 g/mol. The number of nitrogens with zero attached hydrogens (tertiary/aromatic N) is 5. The molecule has 2 aromatic carbocycles. The Morgan fingerprint density at radius 3 is 2.64 bits per heavy atom. The Kier molecular flexibility index (Phi) is 3.92. The van der Waals surface area contributed by atoms with Crippen LogP contribution in [0, 0.1) is 0 Å². The summed E-state index contributed by atoms with van der Waals surface area (Å²) in [4.78, 5) is 5.75. The van der Waals surface area contributed by atoms with Crippen molar-refractivity contribution in [2.75, 3.05) is 7.11 Å². The number of para-hydroxylation sites is 1. The Hall–Kier alpha value is -3.54. The minimum absolute atomic E-state index is 0.489. The minimum atomic E-state index is 0.489.